The van der Waals surface area contributed by atoms with Crippen LogP contribution in [0.1, 0.15) is 37.9 Å². The molecule has 0 radical (unpaired) electrons. The Kier molecular flexibility index (Phi) is 6.37. The summed E-state index contributed by atoms with van der Waals surface area (Å²) in [5, 5.41) is 0. The number of esters is 2. The molecule has 0 saturated heterocycles. The van der Waals surface area contributed by atoms with Crippen LogP contribution >= 0.6 is 11.3 Å². The highest BCUT2D eigenvalue weighted by atomic mass is 32.1. The van der Waals surface area contributed by atoms with Gasteiger partial charge in [-0.1, -0.05) is 53.8 Å². The number of thiazole rings is 1. The topological polar surface area (TPSA) is 87.0 Å². The van der Waals surface area contributed by atoms with Crippen molar-refractivity contribution in [2.45, 2.75) is 26.8 Å². The summed E-state index contributed by atoms with van der Waals surface area (Å²) < 4.78 is 12.5. The molecule has 0 N–H and O–H groups in total. The molecule has 0 saturated carbocycles. The van der Waals surface area contributed by atoms with Crippen LogP contribution in [0, 0.1) is 0 Å². The molecule has 4 rings (SSSR count). The van der Waals surface area contributed by atoms with Gasteiger partial charge in [0.05, 0.1) is 28.5 Å². The number of hydrogen-bond acceptors (Lipinski definition) is 7. The van der Waals surface area contributed by atoms with Gasteiger partial charge in [-0.05, 0) is 43.2 Å². The molecular formula is C25H22N2O5S. The molecule has 1 aliphatic rings. The molecule has 8 heteroatoms. The lowest BCUT2D eigenvalue weighted by atomic mass is 9.96. The van der Waals surface area contributed by atoms with Crippen molar-refractivity contribution in [1.29, 1.82) is 0 Å². The third-order valence-corrected chi connectivity index (χ3v) is 6.05. The summed E-state index contributed by atoms with van der Waals surface area (Å²) in [6.45, 7) is 4.99. The van der Waals surface area contributed by atoms with Gasteiger partial charge >= 0.3 is 11.9 Å². The smallest absolute Gasteiger partial charge is 0.338 e. The Labute approximate surface area is 193 Å². The maximum Gasteiger partial charge on any atom is 0.338 e. The minimum atomic E-state index is -0.718. The molecule has 1 aromatic heterocycles. The zero-order chi connectivity index (χ0) is 23.5. The second-order valence-electron chi connectivity index (χ2n) is 7.38. The van der Waals surface area contributed by atoms with E-state index >= 15 is 0 Å². The largest absolute Gasteiger partial charge is 0.463 e. The summed E-state index contributed by atoms with van der Waals surface area (Å²) in [6.07, 6.45) is 1.81. The fraction of sp³-hybridized carbons (Fsp3) is 0.200. The van der Waals surface area contributed by atoms with Gasteiger partial charge in [0.1, 0.15) is 5.75 Å². The van der Waals surface area contributed by atoms with E-state index in [0.29, 0.717) is 31.9 Å². The van der Waals surface area contributed by atoms with Crippen LogP contribution in [0.3, 0.4) is 0 Å². The number of aromatic nitrogens is 1. The average molecular weight is 463 g/mol. The molecule has 0 bridgehead atoms. The normalized spacial score (nSPS) is 15.6. The van der Waals surface area contributed by atoms with Crippen LogP contribution in [0.5, 0.6) is 5.75 Å². The van der Waals surface area contributed by atoms with Gasteiger partial charge in [0.25, 0.3) is 5.56 Å². The molecule has 2 heterocycles. The van der Waals surface area contributed by atoms with E-state index < -0.39 is 18.0 Å². The van der Waals surface area contributed by atoms with Crippen molar-refractivity contribution in [1.82, 2.24) is 4.57 Å². The number of fused-ring (bicyclic) bond motifs is 1. The van der Waals surface area contributed by atoms with E-state index in [1.807, 2.05) is 36.4 Å². The molecule has 2 aromatic carbocycles. The molecule has 7 nitrogen and oxygen atoms in total. The summed E-state index contributed by atoms with van der Waals surface area (Å²) in [5.74, 6) is -0.578. The Morgan fingerprint density at radius 1 is 1.12 bits per heavy atom. The Balaban J connectivity index is 1.90. The summed E-state index contributed by atoms with van der Waals surface area (Å²) in [5.41, 5.74) is 2.12. The van der Waals surface area contributed by atoms with E-state index in [1.54, 1.807) is 38.1 Å². The fourth-order valence-corrected chi connectivity index (χ4v) is 4.74. The Morgan fingerprint density at radius 2 is 1.82 bits per heavy atom. The van der Waals surface area contributed by atoms with Crippen LogP contribution in [0.4, 0.5) is 0 Å². The fourth-order valence-electron chi connectivity index (χ4n) is 3.69. The molecule has 0 aliphatic carbocycles. The van der Waals surface area contributed by atoms with Gasteiger partial charge in [0.2, 0.25) is 0 Å². The minimum absolute atomic E-state index is 0.201. The first-order valence-electron chi connectivity index (χ1n) is 10.4. The molecule has 1 aliphatic heterocycles. The Bertz CT molecular complexity index is 1420. The van der Waals surface area contributed by atoms with Crippen LogP contribution in [0.2, 0.25) is 0 Å². The van der Waals surface area contributed by atoms with E-state index in [1.165, 1.54) is 22.8 Å². The van der Waals surface area contributed by atoms with Gasteiger partial charge in [0, 0.05) is 6.92 Å². The third-order valence-electron chi connectivity index (χ3n) is 5.07. The average Bonchev–Trinajstić information content (AvgIpc) is 3.08. The minimum Gasteiger partial charge on any atom is -0.463 e. The van der Waals surface area contributed by atoms with Crippen molar-refractivity contribution < 1.29 is 19.1 Å². The summed E-state index contributed by atoms with van der Waals surface area (Å²) in [7, 11) is 0. The van der Waals surface area contributed by atoms with Crippen LogP contribution in [0.15, 0.2) is 75.7 Å². The second-order valence-corrected chi connectivity index (χ2v) is 8.38. The third kappa shape index (κ3) is 4.56. The highest BCUT2D eigenvalue weighted by molar-refractivity contribution is 7.07. The number of benzene rings is 2. The van der Waals surface area contributed by atoms with Gasteiger partial charge in [-0.3, -0.25) is 14.2 Å². The zero-order valence-corrected chi connectivity index (χ0v) is 19.2. The molecule has 33 heavy (non-hydrogen) atoms. The first kappa shape index (κ1) is 22.4. The lowest BCUT2D eigenvalue weighted by molar-refractivity contribution is -0.139. The predicted molar refractivity (Wildman–Crippen MR) is 125 cm³/mol. The maximum atomic E-state index is 13.5. The van der Waals surface area contributed by atoms with Gasteiger partial charge in [-0.15, -0.1) is 0 Å². The molecule has 0 amide bonds. The van der Waals surface area contributed by atoms with Crippen molar-refractivity contribution in [2.24, 2.45) is 4.99 Å². The summed E-state index contributed by atoms with van der Waals surface area (Å²) in [4.78, 5) is 42.7. The number of nitrogens with zero attached hydrogens (tertiary/aromatic N) is 2. The van der Waals surface area contributed by atoms with Crippen molar-refractivity contribution in [3.8, 4) is 5.75 Å². The van der Waals surface area contributed by atoms with E-state index in [9.17, 15) is 14.4 Å². The van der Waals surface area contributed by atoms with Crippen LogP contribution in [-0.4, -0.2) is 23.1 Å². The molecule has 1 unspecified atom stereocenters. The van der Waals surface area contributed by atoms with Crippen LogP contribution in [0.25, 0.3) is 6.08 Å². The molecular weight excluding hydrogens is 440 g/mol. The van der Waals surface area contributed by atoms with E-state index in [2.05, 4.69) is 4.99 Å². The van der Waals surface area contributed by atoms with Crippen molar-refractivity contribution in [3.05, 3.63) is 96.7 Å². The highest BCUT2D eigenvalue weighted by Crippen LogP contribution is 2.31. The quantitative estimate of drug-likeness (QED) is 0.430. The lowest BCUT2D eigenvalue weighted by Gasteiger charge is -2.24. The number of allylic oxidation sites excluding steroid dienone is 1. The van der Waals surface area contributed by atoms with Crippen molar-refractivity contribution >= 4 is 29.4 Å². The number of rotatable bonds is 5. The first-order chi connectivity index (χ1) is 15.9. The monoisotopic (exact) mass is 462 g/mol. The lowest BCUT2D eigenvalue weighted by Crippen LogP contribution is -2.39. The number of ether oxygens (including phenoxy) is 2. The van der Waals surface area contributed by atoms with Crippen molar-refractivity contribution in [2.75, 3.05) is 6.61 Å². The van der Waals surface area contributed by atoms with Crippen LogP contribution < -0.4 is 19.6 Å². The molecule has 3 aromatic rings. The predicted octanol–water partition coefficient (Wildman–Crippen LogP) is 2.72. The summed E-state index contributed by atoms with van der Waals surface area (Å²) in [6, 6.07) is 15.6. The SMILES string of the molecule is CCOC(=O)C1=C(C)N=c2sc(=Cc3ccccc3)c(=O)n2C1c1ccc(OC(C)=O)cc1. The van der Waals surface area contributed by atoms with Gasteiger partial charge in [-0.2, -0.15) is 0 Å². The summed E-state index contributed by atoms with van der Waals surface area (Å²) >= 11 is 1.27. The van der Waals surface area contributed by atoms with Gasteiger partial charge in [0.15, 0.2) is 4.80 Å². The van der Waals surface area contributed by atoms with E-state index in [0.717, 1.165) is 5.56 Å². The Hall–Kier alpha value is -3.78. The zero-order valence-electron chi connectivity index (χ0n) is 18.4. The second kappa shape index (κ2) is 9.38. The molecule has 0 spiro atoms. The molecule has 0 fully saturated rings. The number of hydrogen-bond donors (Lipinski definition) is 0. The van der Waals surface area contributed by atoms with Crippen LogP contribution in [-0.2, 0) is 14.3 Å². The van der Waals surface area contributed by atoms with E-state index in [-0.39, 0.29) is 12.2 Å². The van der Waals surface area contributed by atoms with Crippen molar-refractivity contribution in [3.63, 3.8) is 0 Å². The van der Waals surface area contributed by atoms with E-state index in [4.69, 9.17) is 9.47 Å². The van der Waals surface area contributed by atoms with Gasteiger partial charge < -0.3 is 9.47 Å². The number of carbonyl (C=O) groups is 2. The Morgan fingerprint density at radius 3 is 2.45 bits per heavy atom. The molecule has 1 atom stereocenters. The van der Waals surface area contributed by atoms with Gasteiger partial charge in [-0.25, -0.2) is 9.79 Å². The standard InChI is InChI=1S/C25H22N2O5S/c1-4-31-24(30)21-15(2)26-25-27(22(21)18-10-12-19(13-11-18)32-16(3)28)23(29)20(33-25)14-17-8-6-5-7-9-17/h5-14,22H,4H2,1-3H3. The number of carbonyl (C=O) groups excluding carboxylic acids is 2. The highest BCUT2D eigenvalue weighted by Gasteiger charge is 2.33. The first-order valence-corrected chi connectivity index (χ1v) is 11.2. The molecule has 168 valence electrons. The maximum absolute atomic E-state index is 13.5.